The van der Waals surface area contributed by atoms with E-state index in [0.717, 1.165) is 28.1 Å². The molecule has 1 heterocycles. The zero-order chi connectivity index (χ0) is 16.6. The highest BCUT2D eigenvalue weighted by molar-refractivity contribution is 5.92. The van der Waals surface area contributed by atoms with Crippen molar-refractivity contribution in [3.63, 3.8) is 0 Å². The molecule has 0 aliphatic heterocycles. The summed E-state index contributed by atoms with van der Waals surface area (Å²) < 4.78 is 0. The molecule has 0 fully saturated rings. The van der Waals surface area contributed by atoms with E-state index in [9.17, 15) is 15.2 Å². The van der Waals surface area contributed by atoms with Gasteiger partial charge in [0.25, 0.3) is 5.69 Å². The van der Waals surface area contributed by atoms with E-state index < -0.39 is 4.92 Å². The number of hydrogen-bond acceptors (Lipinski definition) is 6. The Hall–Kier alpha value is -3.22. The molecule has 0 spiro atoms. The molecule has 0 aliphatic rings. The Kier molecular flexibility index (Phi) is 3.53. The second-order valence-electron chi connectivity index (χ2n) is 5.26. The SMILES string of the molecule is Cc1cc2ncnc(Nc3ccc([N+](=O)[O-])cc3O)c2cc1C. The Morgan fingerprint density at radius 3 is 2.57 bits per heavy atom. The first-order valence-corrected chi connectivity index (χ1v) is 6.92. The molecule has 0 radical (unpaired) electrons. The number of non-ortho nitro benzene ring substituents is 1. The summed E-state index contributed by atoms with van der Waals surface area (Å²) in [6.07, 6.45) is 1.43. The minimum atomic E-state index is -0.560. The van der Waals surface area contributed by atoms with E-state index in [-0.39, 0.29) is 11.4 Å². The van der Waals surface area contributed by atoms with Crippen molar-refractivity contribution >= 4 is 28.1 Å². The van der Waals surface area contributed by atoms with Gasteiger partial charge in [-0.3, -0.25) is 10.1 Å². The van der Waals surface area contributed by atoms with Crippen LogP contribution < -0.4 is 5.32 Å². The summed E-state index contributed by atoms with van der Waals surface area (Å²) >= 11 is 0. The Morgan fingerprint density at radius 2 is 1.87 bits per heavy atom. The number of aromatic nitrogens is 2. The third-order valence-corrected chi connectivity index (χ3v) is 3.70. The molecule has 0 amide bonds. The van der Waals surface area contributed by atoms with Crippen molar-refractivity contribution in [3.8, 4) is 5.75 Å². The number of aryl methyl sites for hydroxylation is 2. The van der Waals surface area contributed by atoms with Crippen LogP contribution in [0.4, 0.5) is 17.2 Å². The Morgan fingerprint density at radius 1 is 1.13 bits per heavy atom. The van der Waals surface area contributed by atoms with Gasteiger partial charge in [0.2, 0.25) is 0 Å². The summed E-state index contributed by atoms with van der Waals surface area (Å²) in [7, 11) is 0. The number of aromatic hydroxyl groups is 1. The molecule has 0 bridgehead atoms. The van der Waals surface area contributed by atoms with Crippen LogP contribution in [0.25, 0.3) is 10.9 Å². The molecule has 1 aromatic heterocycles. The van der Waals surface area contributed by atoms with Gasteiger partial charge in [-0.15, -0.1) is 0 Å². The zero-order valence-corrected chi connectivity index (χ0v) is 12.6. The molecule has 7 heteroatoms. The lowest BCUT2D eigenvalue weighted by atomic mass is 10.1. The van der Waals surface area contributed by atoms with Crippen molar-refractivity contribution in [1.82, 2.24) is 9.97 Å². The van der Waals surface area contributed by atoms with Gasteiger partial charge in [0.1, 0.15) is 17.9 Å². The number of nitrogens with one attached hydrogen (secondary N) is 1. The van der Waals surface area contributed by atoms with Crippen molar-refractivity contribution in [2.24, 2.45) is 0 Å². The van der Waals surface area contributed by atoms with Crippen LogP contribution in [-0.2, 0) is 0 Å². The fourth-order valence-corrected chi connectivity index (χ4v) is 2.28. The molecule has 2 aromatic carbocycles. The molecule has 2 N–H and O–H groups in total. The second-order valence-corrected chi connectivity index (χ2v) is 5.26. The normalized spacial score (nSPS) is 10.7. The third-order valence-electron chi connectivity index (χ3n) is 3.70. The molecular formula is C16H14N4O3. The van der Waals surface area contributed by atoms with Crippen molar-refractivity contribution in [3.05, 3.63) is 57.9 Å². The van der Waals surface area contributed by atoms with Crippen LogP contribution in [0.15, 0.2) is 36.7 Å². The lowest BCUT2D eigenvalue weighted by Crippen LogP contribution is -1.98. The fraction of sp³-hybridized carbons (Fsp3) is 0.125. The number of nitrogens with zero attached hydrogens (tertiary/aromatic N) is 3. The van der Waals surface area contributed by atoms with Gasteiger partial charge >= 0.3 is 0 Å². The maximum absolute atomic E-state index is 10.7. The largest absolute Gasteiger partial charge is 0.506 e. The molecule has 0 aliphatic carbocycles. The number of rotatable bonds is 3. The average molecular weight is 310 g/mol. The third kappa shape index (κ3) is 2.76. The minimum Gasteiger partial charge on any atom is -0.506 e. The average Bonchev–Trinajstić information content (AvgIpc) is 2.51. The Bertz CT molecular complexity index is 925. The first-order valence-electron chi connectivity index (χ1n) is 6.92. The van der Waals surface area contributed by atoms with Crippen molar-refractivity contribution in [2.45, 2.75) is 13.8 Å². The fourth-order valence-electron chi connectivity index (χ4n) is 2.28. The van der Waals surface area contributed by atoms with Gasteiger partial charge in [0.15, 0.2) is 0 Å². The number of nitro groups is 1. The van der Waals surface area contributed by atoms with E-state index in [2.05, 4.69) is 15.3 Å². The second kappa shape index (κ2) is 5.53. The summed E-state index contributed by atoms with van der Waals surface area (Å²) in [5, 5.41) is 24.5. The number of hydrogen-bond donors (Lipinski definition) is 2. The summed E-state index contributed by atoms with van der Waals surface area (Å²) in [6, 6.07) is 7.80. The van der Waals surface area contributed by atoms with Gasteiger partial charge in [-0.1, -0.05) is 0 Å². The van der Waals surface area contributed by atoms with Gasteiger partial charge in [0.05, 0.1) is 22.2 Å². The highest BCUT2D eigenvalue weighted by Crippen LogP contribution is 2.32. The lowest BCUT2D eigenvalue weighted by molar-refractivity contribution is -0.384. The minimum absolute atomic E-state index is 0.174. The molecule has 0 saturated carbocycles. The molecular weight excluding hydrogens is 296 g/mol. The van der Waals surface area contributed by atoms with E-state index in [0.29, 0.717) is 11.5 Å². The van der Waals surface area contributed by atoms with Crippen LogP contribution >= 0.6 is 0 Å². The molecule has 7 nitrogen and oxygen atoms in total. The number of fused-ring (bicyclic) bond motifs is 1. The molecule has 0 unspecified atom stereocenters. The number of phenols is 1. The highest BCUT2D eigenvalue weighted by atomic mass is 16.6. The van der Waals surface area contributed by atoms with E-state index in [1.54, 1.807) is 0 Å². The maximum atomic E-state index is 10.7. The molecule has 0 atom stereocenters. The highest BCUT2D eigenvalue weighted by Gasteiger charge is 2.12. The summed E-state index contributed by atoms with van der Waals surface area (Å²) in [5.74, 6) is 0.317. The van der Waals surface area contributed by atoms with E-state index in [1.807, 2.05) is 26.0 Å². The van der Waals surface area contributed by atoms with Gasteiger partial charge in [-0.2, -0.15) is 0 Å². The van der Waals surface area contributed by atoms with Crippen LogP contribution in [-0.4, -0.2) is 20.0 Å². The van der Waals surface area contributed by atoms with E-state index in [1.165, 1.54) is 18.5 Å². The summed E-state index contributed by atoms with van der Waals surface area (Å²) in [5.41, 5.74) is 3.18. The quantitative estimate of drug-likeness (QED) is 0.435. The number of anilines is 2. The van der Waals surface area contributed by atoms with Gasteiger partial charge in [-0.05, 0) is 43.2 Å². The Labute approximate surface area is 131 Å². The van der Waals surface area contributed by atoms with Crippen LogP contribution in [0.1, 0.15) is 11.1 Å². The predicted octanol–water partition coefficient (Wildman–Crippen LogP) is 3.60. The van der Waals surface area contributed by atoms with Gasteiger partial charge in [-0.25, -0.2) is 9.97 Å². The lowest BCUT2D eigenvalue weighted by Gasteiger charge is -2.11. The maximum Gasteiger partial charge on any atom is 0.273 e. The first kappa shape index (κ1) is 14.7. The topological polar surface area (TPSA) is 101 Å². The summed E-state index contributed by atoms with van der Waals surface area (Å²) in [4.78, 5) is 18.6. The molecule has 0 saturated heterocycles. The van der Waals surface area contributed by atoms with Gasteiger partial charge in [0, 0.05) is 11.5 Å². The predicted molar refractivity (Wildman–Crippen MR) is 87.1 cm³/mol. The number of benzene rings is 2. The van der Waals surface area contributed by atoms with Crippen LogP contribution in [0.3, 0.4) is 0 Å². The van der Waals surface area contributed by atoms with Crippen LogP contribution in [0.2, 0.25) is 0 Å². The molecule has 116 valence electrons. The first-order chi connectivity index (χ1) is 11.0. The van der Waals surface area contributed by atoms with Crippen molar-refractivity contribution in [1.29, 1.82) is 0 Å². The van der Waals surface area contributed by atoms with Crippen LogP contribution in [0, 0.1) is 24.0 Å². The van der Waals surface area contributed by atoms with E-state index >= 15 is 0 Å². The zero-order valence-electron chi connectivity index (χ0n) is 12.6. The monoisotopic (exact) mass is 310 g/mol. The Balaban J connectivity index is 2.05. The van der Waals surface area contributed by atoms with Crippen molar-refractivity contribution in [2.75, 3.05) is 5.32 Å². The summed E-state index contributed by atoms with van der Waals surface area (Å²) in [6.45, 7) is 4.00. The standard InChI is InChI=1S/C16H14N4O3/c1-9-5-12-14(6-10(9)2)17-8-18-16(12)19-13-4-3-11(20(22)23)7-15(13)21/h3-8,21H,1-2H3,(H,17,18,19). The van der Waals surface area contributed by atoms with Crippen LogP contribution in [0.5, 0.6) is 5.75 Å². The molecule has 23 heavy (non-hydrogen) atoms. The smallest absolute Gasteiger partial charge is 0.273 e. The molecule has 3 aromatic rings. The molecule has 3 rings (SSSR count). The number of phenolic OH excluding ortho intramolecular Hbond substituents is 1. The number of nitro benzene ring substituents is 1. The van der Waals surface area contributed by atoms with E-state index in [4.69, 9.17) is 0 Å². The van der Waals surface area contributed by atoms with Gasteiger partial charge < -0.3 is 10.4 Å². The van der Waals surface area contributed by atoms with Crippen molar-refractivity contribution < 1.29 is 10.0 Å².